The van der Waals surface area contributed by atoms with Crippen molar-refractivity contribution in [2.45, 2.75) is 25.2 Å². The van der Waals surface area contributed by atoms with Gasteiger partial charge in [0.15, 0.2) is 0 Å². The number of rotatable bonds is 1. The Bertz CT molecular complexity index is 430. The molecule has 1 aromatic carbocycles. The molecule has 1 aliphatic carbocycles. The van der Waals surface area contributed by atoms with Crippen molar-refractivity contribution < 1.29 is 9.50 Å². The second-order valence-electron chi connectivity index (χ2n) is 3.78. The standard InChI is InChI=1S/C11H10FNO/c1-7-2-3-8(12)9(10(7)14)11(6-13)4-5-11/h2-3,14H,4-5H2,1H3. The number of nitrogens with zero attached hydrogens (tertiary/aromatic N) is 1. The largest absolute Gasteiger partial charge is 0.507 e. The number of hydrogen-bond acceptors (Lipinski definition) is 2. The molecule has 0 radical (unpaired) electrons. The number of phenols is 1. The third kappa shape index (κ3) is 1.07. The molecular weight excluding hydrogens is 181 g/mol. The fourth-order valence-electron chi connectivity index (χ4n) is 1.67. The highest BCUT2D eigenvalue weighted by molar-refractivity contribution is 5.51. The summed E-state index contributed by atoms with van der Waals surface area (Å²) in [6.45, 7) is 1.70. The highest BCUT2D eigenvalue weighted by Gasteiger charge is 2.48. The van der Waals surface area contributed by atoms with Crippen LogP contribution in [0.3, 0.4) is 0 Å². The van der Waals surface area contributed by atoms with Crippen molar-refractivity contribution in [1.82, 2.24) is 0 Å². The van der Waals surface area contributed by atoms with Crippen LogP contribution in [0.15, 0.2) is 12.1 Å². The molecule has 14 heavy (non-hydrogen) atoms. The van der Waals surface area contributed by atoms with Gasteiger partial charge in [-0.3, -0.25) is 0 Å². The fraction of sp³-hybridized carbons (Fsp3) is 0.364. The van der Waals surface area contributed by atoms with Gasteiger partial charge in [-0.15, -0.1) is 0 Å². The van der Waals surface area contributed by atoms with E-state index in [2.05, 4.69) is 6.07 Å². The maximum Gasteiger partial charge on any atom is 0.131 e. The van der Waals surface area contributed by atoms with Crippen molar-refractivity contribution in [3.63, 3.8) is 0 Å². The van der Waals surface area contributed by atoms with E-state index in [-0.39, 0.29) is 11.3 Å². The number of phenolic OH excluding ortho intramolecular Hbond substituents is 1. The van der Waals surface area contributed by atoms with Crippen LogP contribution in [-0.2, 0) is 5.41 Å². The molecule has 0 aliphatic heterocycles. The fourth-order valence-corrected chi connectivity index (χ4v) is 1.67. The van der Waals surface area contributed by atoms with Crippen molar-refractivity contribution in [3.8, 4) is 11.8 Å². The van der Waals surface area contributed by atoms with Crippen molar-refractivity contribution in [1.29, 1.82) is 5.26 Å². The summed E-state index contributed by atoms with van der Waals surface area (Å²) in [5, 5.41) is 18.6. The average Bonchev–Trinajstić information content (AvgIpc) is 2.93. The third-order valence-corrected chi connectivity index (χ3v) is 2.77. The molecule has 1 fully saturated rings. The highest BCUT2D eigenvalue weighted by atomic mass is 19.1. The van der Waals surface area contributed by atoms with E-state index in [9.17, 15) is 9.50 Å². The average molecular weight is 191 g/mol. The monoisotopic (exact) mass is 191 g/mol. The number of hydrogen-bond donors (Lipinski definition) is 1. The summed E-state index contributed by atoms with van der Waals surface area (Å²) in [4.78, 5) is 0. The van der Waals surface area contributed by atoms with E-state index in [1.807, 2.05) is 0 Å². The molecule has 0 bridgehead atoms. The first-order valence-electron chi connectivity index (χ1n) is 4.50. The first kappa shape index (κ1) is 9.01. The minimum atomic E-state index is -0.764. The zero-order valence-electron chi connectivity index (χ0n) is 7.84. The Morgan fingerprint density at radius 3 is 2.64 bits per heavy atom. The van der Waals surface area contributed by atoms with Gasteiger partial charge in [0.1, 0.15) is 11.6 Å². The smallest absolute Gasteiger partial charge is 0.131 e. The lowest BCUT2D eigenvalue weighted by Gasteiger charge is -2.11. The molecule has 0 saturated heterocycles. The summed E-state index contributed by atoms with van der Waals surface area (Å²) >= 11 is 0. The van der Waals surface area contributed by atoms with Gasteiger partial charge in [-0.05, 0) is 31.4 Å². The number of aryl methyl sites for hydroxylation is 1. The van der Waals surface area contributed by atoms with Crippen LogP contribution in [-0.4, -0.2) is 5.11 Å². The van der Waals surface area contributed by atoms with E-state index in [1.54, 1.807) is 6.92 Å². The minimum absolute atomic E-state index is 0.0657. The molecule has 0 aromatic heterocycles. The van der Waals surface area contributed by atoms with E-state index in [4.69, 9.17) is 5.26 Å². The molecule has 1 N–H and O–H groups in total. The summed E-state index contributed by atoms with van der Waals surface area (Å²) in [6.07, 6.45) is 1.27. The SMILES string of the molecule is Cc1ccc(F)c(C2(C#N)CC2)c1O. The van der Waals surface area contributed by atoms with Gasteiger partial charge < -0.3 is 5.11 Å². The third-order valence-electron chi connectivity index (χ3n) is 2.77. The van der Waals surface area contributed by atoms with E-state index in [1.165, 1.54) is 12.1 Å². The van der Waals surface area contributed by atoms with Gasteiger partial charge in [0, 0.05) is 0 Å². The maximum atomic E-state index is 13.4. The second kappa shape index (κ2) is 2.71. The van der Waals surface area contributed by atoms with Crippen LogP contribution < -0.4 is 0 Å². The van der Waals surface area contributed by atoms with Crippen molar-refractivity contribution in [2.24, 2.45) is 0 Å². The van der Waals surface area contributed by atoms with Gasteiger partial charge >= 0.3 is 0 Å². The number of benzene rings is 1. The molecule has 0 atom stereocenters. The van der Waals surface area contributed by atoms with Crippen LogP contribution in [0.5, 0.6) is 5.75 Å². The van der Waals surface area contributed by atoms with Crippen LogP contribution >= 0.6 is 0 Å². The van der Waals surface area contributed by atoms with Gasteiger partial charge in [-0.25, -0.2) is 4.39 Å². The summed E-state index contributed by atoms with van der Waals surface area (Å²) < 4.78 is 13.4. The summed E-state index contributed by atoms with van der Waals surface area (Å²) in [5.74, 6) is -0.545. The van der Waals surface area contributed by atoms with Gasteiger partial charge in [0.2, 0.25) is 0 Å². The molecule has 0 heterocycles. The Morgan fingerprint density at radius 1 is 1.50 bits per heavy atom. The van der Waals surface area contributed by atoms with E-state index in [0.29, 0.717) is 18.4 Å². The lowest BCUT2D eigenvalue weighted by Crippen LogP contribution is -2.07. The topological polar surface area (TPSA) is 44.0 Å². The summed E-state index contributed by atoms with van der Waals surface area (Å²) in [5.41, 5.74) is 0.0307. The summed E-state index contributed by atoms with van der Waals surface area (Å²) in [7, 11) is 0. The van der Waals surface area contributed by atoms with E-state index < -0.39 is 11.2 Å². The summed E-state index contributed by atoms with van der Waals surface area (Å²) in [6, 6.07) is 4.90. The van der Waals surface area contributed by atoms with Crippen molar-refractivity contribution in [2.75, 3.05) is 0 Å². The quantitative estimate of drug-likeness (QED) is 0.740. The van der Waals surface area contributed by atoms with Gasteiger partial charge in [-0.1, -0.05) is 6.07 Å². The lowest BCUT2D eigenvalue weighted by atomic mass is 9.94. The predicted octanol–water partition coefficient (Wildman–Crippen LogP) is 2.39. The maximum absolute atomic E-state index is 13.4. The van der Waals surface area contributed by atoms with Crippen LogP contribution in [0.2, 0.25) is 0 Å². The molecule has 3 heteroatoms. The Morgan fingerprint density at radius 2 is 2.14 bits per heavy atom. The zero-order chi connectivity index (χ0) is 10.3. The zero-order valence-corrected chi connectivity index (χ0v) is 7.84. The van der Waals surface area contributed by atoms with Gasteiger partial charge in [0.25, 0.3) is 0 Å². The Balaban J connectivity index is 2.64. The molecule has 0 unspecified atom stereocenters. The Kier molecular flexibility index (Phi) is 1.75. The Labute approximate surface area is 81.6 Å². The molecule has 2 nitrogen and oxygen atoms in total. The predicted molar refractivity (Wildman–Crippen MR) is 49.3 cm³/mol. The van der Waals surface area contributed by atoms with Crippen LogP contribution in [0.25, 0.3) is 0 Å². The first-order valence-corrected chi connectivity index (χ1v) is 4.50. The van der Waals surface area contributed by atoms with Crippen LogP contribution in [0.1, 0.15) is 24.0 Å². The number of aromatic hydroxyl groups is 1. The van der Waals surface area contributed by atoms with Gasteiger partial charge in [-0.2, -0.15) is 5.26 Å². The molecule has 1 aromatic rings. The minimum Gasteiger partial charge on any atom is -0.507 e. The van der Waals surface area contributed by atoms with Crippen LogP contribution in [0, 0.1) is 24.1 Å². The molecule has 2 rings (SSSR count). The molecule has 72 valence electrons. The van der Waals surface area contributed by atoms with Crippen molar-refractivity contribution >= 4 is 0 Å². The number of nitriles is 1. The number of halogens is 1. The highest BCUT2D eigenvalue weighted by Crippen LogP contribution is 2.52. The Hall–Kier alpha value is -1.56. The molecule has 1 saturated carbocycles. The van der Waals surface area contributed by atoms with Gasteiger partial charge in [0.05, 0.1) is 17.0 Å². The molecular formula is C11H10FNO. The molecule has 0 spiro atoms. The lowest BCUT2D eigenvalue weighted by molar-refractivity contribution is 0.449. The van der Waals surface area contributed by atoms with E-state index >= 15 is 0 Å². The van der Waals surface area contributed by atoms with E-state index in [0.717, 1.165) is 0 Å². The normalized spacial score (nSPS) is 17.5. The molecule has 1 aliphatic rings. The second-order valence-corrected chi connectivity index (χ2v) is 3.78. The first-order chi connectivity index (χ1) is 6.60. The molecule has 0 amide bonds. The van der Waals surface area contributed by atoms with Crippen LogP contribution in [0.4, 0.5) is 4.39 Å². The van der Waals surface area contributed by atoms with Crippen molar-refractivity contribution in [3.05, 3.63) is 29.1 Å².